The lowest BCUT2D eigenvalue weighted by atomic mass is 10.1. The Morgan fingerprint density at radius 1 is 1.75 bits per heavy atom. The Morgan fingerprint density at radius 3 is 3.06 bits per heavy atom. The van der Waals surface area contributed by atoms with Crippen molar-refractivity contribution in [3.63, 3.8) is 0 Å². The predicted molar refractivity (Wildman–Crippen MR) is 56.9 cm³/mol. The van der Waals surface area contributed by atoms with Crippen molar-refractivity contribution >= 4 is 5.91 Å². The number of carbonyl (C=O) groups excluding carboxylic acids is 1. The van der Waals surface area contributed by atoms with E-state index in [1.807, 2.05) is 0 Å². The molecule has 5 nitrogen and oxygen atoms in total. The lowest BCUT2D eigenvalue weighted by Crippen LogP contribution is -2.27. The first-order valence-corrected chi connectivity index (χ1v) is 5.56. The summed E-state index contributed by atoms with van der Waals surface area (Å²) in [6.07, 6.45) is 2.54. The van der Waals surface area contributed by atoms with Crippen LogP contribution in [0.15, 0.2) is 10.6 Å². The third kappa shape index (κ3) is 2.82. The zero-order valence-corrected chi connectivity index (χ0v) is 9.27. The van der Waals surface area contributed by atoms with Gasteiger partial charge in [-0.3, -0.25) is 4.79 Å². The second-order valence-corrected chi connectivity index (χ2v) is 4.27. The summed E-state index contributed by atoms with van der Waals surface area (Å²) in [5.41, 5.74) is 0.290. The van der Waals surface area contributed by atoms with Crippen LogP contribution in [0.2, 0.25) is 0 Å². The van der Waals surface area contributed by atoms with E-state index in [0.717, 1.165) is 12.8 Å². The highest BCUT2D eigenvalue weighted by Gasteiger charge is 2.29. The summed E-state index contributed by atoms with van der Waals surface area (Å²) < 4.78 is 4.80. The van der Waals surface area contributed by atoms with E-state index in [4.69, 9.17) is 4.52 Å². The summed E-state index contributed by atoms with van der Waals surface area (Å²) in [6.45, 7) is 2.21. The molecule has 1 atom stereocenters. The second kappa shape index (κ2) is 4.65. The van der Waals surface area contributed by atoms with E-state index in [0.29, 0.717) is 30.3 Å². The standard InChI is InChI=1S/C11H16N2O3/c1-7-6-9(13-16-7)11(15)12-5-4-10(14)8-2-3-8/h6,8,10,14H,2-5H2,1H3,(H,12,15)/t10-/m1/s1. The number of aliphatic hydroxyl groups is 1. The molecule has 0 radical (unpaired) electrons. The number of hydrogen-bond donors (Lipinski definition) is 2. The zero-order valence-electron chi connectivity index (χ0n) is 9.27. The first-order chi connectivity index (χ1) is 7.66. The number of nitrogens with one attached hydrogen (secondary N) is 1. The number of nitrogens with zero attached hydrogens (tertiary/aromatic N) is 1. The van der Waals surface area contributed by atoms with Crippen LogP contribution in [0.4, 0.5) is 0 Å². The van der Waals surface area contributed by atoms with Crippen LogP contribution < -0.4 is 5.32 Å². The highest BCUT2D eigenvalue weighted by atomic mass is 16.5. The number of rotatable bonds is 5. The number of aromatic nitrogens is 1. The molecule has 0 spiro atoms. The van der Waals surface area contributed by atoms with Crippen LogP contribution in [-0.4, -0.2) is 28.8 Å². The van der Waals surface area contributed by atoms with Gasteiger partial charge in [-0.05, 0) is 32.1 Å². The van der Waals surface area contributed by atoms with Crippen molar-refractivity contribution in [3.05, 3.63) is 17.5 Å². The molecule has 1 aliphatic rings. The fourth-order valence-electron chi connectivity index (χ4n) is 1.61. The number of aryl methyl sites for hydroxylation is 1. The summed E-state index contributed by atoms with van der Waals surface area (Å²) >= 11 is 0. The maximum Gasteiger partial charge on any atom is 0.273 e. The third-order valence-corrected chi connectivity index (χ3v) is 2.75. The van der Waals surface area contributed by atoms with Crippen LogP contribution in [-0.2, 0) is 0 Å². The summed E-state index contributed by atoms with van der Waals surface area (Å²) in [7, 11) is 0. The smallest absolute Gasteiger partial charge is 0.273 e. The Morgan fingerprint density at radius 2 is 2.50 bits per heavy atom. The fraction of sp³-hybridized carbons (Fsp3) is 0.636. The molecular formula is C11H16N2O3. The molecule has 1 aromatic heterocycles. The molecule has 0 bridgehead atoms. The fourth-order valence-corrected chi connectivity index (χ4v) is 1.61. The van der Waals surface area contributed by atoms with Crippen LogP contribution >= 0.6 is 0 Å². The van der Waals surface area contributed by atoms with Crippen molar-refractivity contribution in [1.29, 1.82) is 0 Å². The van der Waals surface area contributed by atoms with Gasteiger partial charge < -0.3 is 14.9 Å². The van der Waals surface area contributed by atoms with Crippen LogP contribution in [0.3, 0.4) is 0 Å². The lowest BCUT2D eigenvalue weighted by Gasteiger charge is -2.08. The average Bonchev–Trinajstić information content (AvgIpc) is 3.01. The van der Waals surface area contributed by atoms with Crippen LogP contribution in [0.25, 0.3) is 0 Å². The molecule has 0 aromatic carbocycles. The van der Waals surface area contributed by atoms with Crippen molar-refractivity contribution < 1.29 is 14.4 Å². The molecule has 0 aliphatic heterocycles. The molecule has 1 fully saturated rings. The van der Waals surface area contributed by atoms with E-state index in [9.17, 15) is 9.90 Å². The Kier molecular flexibility index (Phi) is 3.24. The second-order valence-electron chi connectivity index (χ2n) is 4.27. The Bertz CT molecular complexity index is 371. The van der Waals surface area contributed by atoms with Gasteiger partial charge in [0, 0.05) is 12.6 Å². The minimum absolute atomic E-state index is 0.250. The number of carbonyl (C=O) groups is 1. The van der Waals surface area contributed by atoms with Gasteiger partial charge in [-0.15, -0.1) is 0 Å². The normalized spacial score (nSPS) is 17.1. The molecule has 0 saturated heterocycles. The quantitative estimate of drug-likeness (QED) is 0.778. The topological polar surface area (TPSA) is 75.4 Å². The molecule has 1 aliphatic carbocycles. The molecule has 0 unspecified atom stereocenters. The van der Waals surface area contributed by atoms with Gasteiger partial charge in [-0.2, -0.15) is 0 Å². The molecular weight excluding hydrogens is 208 g/mol. The van der Waals surface area contributed by atoms with Gasteiger partial charge in [-0.25, -0.2) is 0 Å². The van der Waals surface area contributed by atoms with Crippen molar-refractivity contribution in [2.45, 2.75) is 32.3 Å². The van der Waals surface area contributed by atoms with E-state index in [1.54, 1.807) is 13.0 Å². The summed E-state index contributed by atoms with van der Waals surface area (Å²) in [5.74, 6) is 0.814. The van der Waals surface area contributed by atoms with Gasteiger partial charge in [0.2, 0.25) is 0 Å². The van der Waals surface area contributed by atoms with Gasteiger partial charge >= 0.3 is 0 Å². The summed E-state index contributed by atoms with van der Waals surface area (Å²) in [5, 5.41) is 15.9. The van der Waals surface area contributed by atoms with Crippen molar-refractivity contribution in [1.82, 2.24) is 10.5 Å². The number of aliphatic hydroxyl groups excluding tert-OH is 1. The maximum absolute atomic E-state index is 11.5. The molecule has 1 amide bonds. The molecule has 1 saturated carbocycles. The predicted octanol–water partition coefficient (Wildman–Crippen LogP) is 0.874. The Labute approximate surface area is 93.8 Å². The molecule has 1 aromatic rings. The van der Waals surface area contributed by atoms with E-state index < -0.39 is 0 Å². The van der Waals surface area contributed by atoms with E-state index in [1.165, 1.54) is 0 Å². The molecule has 5 heteroatoms. The molecule has 88 valence electrons. The van der Waals surface area contributed by atoms with Crippen molar-refractivity contribution in [2.24, 2.45) is 5.92 Å². The maximum atomic E-state index is 11.5. The SMILES string of the molecule is Cc1cc(C(=O)NCC[C@@H](O)C2CC2)no1. The average molecular weight is 224 g/mol. The number of hydrogen-bond acceptors (Lipinski definition) is 4. The monoisotopic (exact) mass is 224 g/mol. The zero-order chi connectivity index (χ0) is 11.5. The van der Waals surface area contributed by atoms with Gasteiger partial charge in [-0.1, -0.05) is 5.16 Å². The van der Waals surface area contributed by atoms with Crippen LogP contribution in [0.5, 0.6) is 0 Å². The van der Waals surface area contributed by atoms with Gasteiger partial charge in [0.1, 0.15) is 5.76 Å². The first kappa shape index (κ1) is 11.1. The van der Waals surface area contributed by atoms with Crippen LogP contribution in [0.1, 0.15) is 35.5 Å². The molecule has 16 heavy (non-hydrogen) atoms. The minimum Gasteiger partial charge on any atom is -0.393 e. The highest BCUT2D eigenvalue weighted by Crippen LogP contribution is 2.33. The summed E-state index contributed by atoms with van der Waals surface area (Å²) in [4.78, 5) is 11.5. The third-order valence-electron chi connectivity index (χ3n) is 2.75. The summed E-state index contributed by atoms with van der Waals surface area (Å²) in [6, 6.07) is 1.59. The van der Waals surface area contributed by atoms with Gasteiger partial charge in [0.15, 0.2) is 5.69 Å². The van der Waals surface area contributed by atoms with Gasteiger partial charge in [0.25, 0.3) is 5.91 Å². The Hall–Kier alpha value is -1.36. The molecule has 2 N–H and O–H groups in total. The highest BCUT2D eigenvalue weighted by molar-refractivity contribution is 5.92. The lowest BCUT2D eigenvalue weighted by molar-refractivity contribution is 0.0928. The first-order valence-electron chi connectivity index (χ1n) is 5.56. The number of amides is 1. The minimum atomic E-state index is -0.278. The molecule has 2 rings (SSSR count). The molecule has 1 heterocycles. The largest absolute Gasteiger partial charge is 0.393 e. The van der Waals surface area contributed by atoms with Crippen molar-refractivity contribution in [3.8, 4) is 0 Å². The van der Waals surface area contributed by atoms with E-state index in [-0.39, 0.29) is 12.0 Å². The Balaban J connectivity index is 1.71. The van der Waals surface area contributed by atoms with Gasteiger partial charge in [0.05, 0.1) is 6.10 Å². The van der Waals surface area contributed by atoms with E-state index >= 15 is 0 Å². The van der Waals surface area contributed by atoms with E-state index in [2.05, 4.69) is 10.5 Å². The van der Waals surface area contributed by atoms with Crippen molar-refractivity contribution in [2.75, 3.05) is 6.54 Å². The van der Waals surface area contributed by atoms with Crippen LogP contribution in [0, 0.1) is 12.8 Å².